The monoisotopic (exact) mass is 247 g/mol. The Balaban J connectivity index is 2.08. The van der Waals surface area contributed by atoms with Crippen LogP contribution in [0.4, 0.5) is 10.1 Å². The number of aryl methyl sites for hydroxylation is 2. The van der Waals surface area contributed by atoms with Gasteiger partial charge in [0, 0.05) is 11.9 Å². The molecule has 1 amide bonds. The van der Waals surface area contributed by atoms with E-state index in [0.717, 1.165) is 11.3 Å². The van der Waals surface area contributed by atoms with Crippen molar-refractivity contribution in [2.45, 2.75) is 20.4 Å². The first-order chi connectivity index (χ1) is 8.56. The van der Waals surface area contributed by atoms with Gasteiger partial charge >= 0.3 is 0 Å². The summed E-state index contributed by atoms with van der Waals surface area (Å²) in [5.41, 5.74) is 1.97. The predicted molar refractivity (Wildman–Crippen MR) is 66.7 cm³/mol. The second-order valence-corrected chi connectivity index (χ2v) is 4.16. The molecule has 0 aliphatic rings. The van der Waals surface area contributed by atoms with E-state index in [-0.39, 0.29) is 18.1 Å². The molecule has 0 fully saturated rings. The summed E-state index contributed by atoms with van der Waals surface area (Å²) in [5.74, 6) is -0.738. The first-order valence-corrected chi connectivity index (χ1v) is 5.60. The fraction of sp³-hybridized carbons (Fsp3) is 0.231. The Bertz CT molecular complexity index is 577. The first kappa shape index (κ1) is 12.3. The fourth-order valence-corrected chi connectivity index (χ4v) is 1.62. The van der Waals surface area contributed by atoms with Crippen molar-refractivity contribution in [2.75, 3.05) is 5.32 Å². The van der Waals surface area contributed by atoms with Crippen molar-refractivity contribution in [3.8, 4) is 0 Å². The number of aromatic nitrogens is 2. The molecule has 2 rings (SSSR count). The summed E-state index contributed by atoms with van der Waals surface area (Å²) in [7, 11) is 0. The second-order valence-electron chi connectivity index (χ2n) is 4.16. The van der Waals surface area contributed by atoms with Crippen LogP contribution < -0.4 is 5.32 Å². The molecule has 0 spiro atoms. The molecule has 0 aliphatic carbocycles. The summed E-state index contributed by atoms with van der Waals surface area (Å²) >= 11 is 0. The lowest BCUT2D eigenvalue weighted by atomic mass is 10.2. The highest BCUT2D eigenvalue weighted by atomic mass is 19.1. The van der Waals surface area contributed by atoms with Gasteiger partial charge in [0.25, 0.3) is 0 Å². The van der Waals surface area contributed by atoms with Crippen LogP contribution in [0.3, 0.4) is 0 Å². The fourth-order valence-electron chi connectivity index (χ4n) is 1.62. The van der Waals surface area contributed by atoms with E-state index in [2.05, 4.69) is 10.4 Å². The third-order valence-corrected chi connectivity index (χ3v) is 2.62. The lowest BCUT2D eigenvalue weighted by Gasteiger charge is -2.08. The summed E-state index contributed by atoms with van der Waals surface area (Å²) in [6, 6.07) is 6.40. The molecule has 0 radical (unpaired) electrons. The highest BCUT2D eigenvalue weighted by Crippen LogP contribution is 2.15. The van der Waals surface area contributed by atoms with Crippen molar-refractivity contribution < 1.29 is 9.18 Å². The number of carbonyl (C=O) groups is 1. The standard InChI is InChI=1S/C13H14FN3O/c1-9-3-4-11(14)12(7-9)16-13(18)8-17-10(2)5-6-15-17/h3-7H,8H2,1-2H3,(H,16,18). The molecule has 4 nitrogen and oxygen atoms in total. The summed E-state index contributed by atoms with van der Waals surface area (Å²) in [4.78, 5) is 11.8. The molecule has 94 valence electrons. The normalized spacial score (nSPS) is 10.4. The first-order valence-electron chi connectivity index (χ1n) is 5.60. The van der Waals surface area contributed by atoms with E-state index in [1.54, 1.807) is 29.1 Å². The van der Waals surface area contributed by atoms with Crippen molar-refractivity contribution in [1.29, 1.82) is 0 Å². The van der Waals surface area contributed by atoms with Crippen LogP contribution in [0.2, 0.25) is 0 Å². The van der Waals surface area contributed by atoms with Crippen LogP contribution >= 0.6 is 0 Å². The van der Waals surface area contributed by atoms with Gasteiger partial charge in [-0.25, -0.2) is 4.39 Å². The summed E-state index contributed by atoms with van der Waals surface area (Å²) in [5, 5.41) is 6.54. The highest BCUT2D eigenvalue weighted by Gasteiger charge is 2.09. The molecule has 18 heavy (non-hydrogen) atoms. The van der Waals surface area contributed by atoms with Crippen molar-refractivity contribution in [3.63, 3.8) is 0 Å². The van der Waals surface area contributed by atoms with Gasteiger partial charge in [-0.2, -0.15) is 5.10 Å². The van der Waals surface area contributed by atoms with Gasteiger partial charge in [0.05, 0.1) is 5.69 Å². The number of benzene rings is 1. The van der Waals surface area contributed by atoms with Gasteiger partial charge in [-0.15, -0.1) is 0 Å². The molecular formula is C13H14FN3O. The Hall–Kier alpha value is -2.17. The van der Waals surface area contributed by atoms with Crippen LogP contribution in [-0.4, -0.2) is 15.7 Å². The molecule has 0 unspecified atom stereocenters. The number of carbonyl (C=O) groups excluding carboxylic acids is 1. The van der Waals surface area contributed by atoms with Crippen molar-refractivity contribution in [1.82, 2.24) is 9.78 Å². The molecule has 0 saturated carbocycles. The van der Waals surface area contributed by atoms with Crippen LogP contribution in [0.5, 0.6) is 0 Å². The number of amides is 1. The Morgan fingerprint density at radius 1 is 1.39 bits per heavy atom. The molecule has 1 aromatic carbocycles. The topological polar surface area (TPSA) is 46.9 Å². The van der Waals surface area contributed by atoms with Crippen LogP contribution in [-0.2, 0) is 11.3 Å². The molecule has 0 bridgehead atoms. The van der Waals surface area contributed by atoms with Gasteiger partial charge < -0.3 is 5.32 Å². The number of nitrogens with one attached hydrogen (secondary N) is 1. The van der Waals surface area contributed by atoms with E-state index < -0.39 is 5.82 Å². The van der Waals surface area contributed by atoms with E-state index in [9.17, 15) is 9.18 Å². The van der Waals surface area contributed by atoms with Gasteiger partial charge in [-0.05, 0) is 37.6 Å². The molecule has 1 N–H and O–H groups in total. The van der Waals surface area contributed by atoms with Gasteiger partial charge in [0.1, 0.15) is 12.4 Å². The molecule has 5 heteroatoms. The van der Waals surface area contributed by atoms with Gasteiger partial charge in [0.2, 0.25) is 5.91 Å². The van der Waals surface area contributed by atoms with Gasteiger partial charge in [0.15, 0.2) is 0 Å². The third-order valence-electron chi connectivity index (χ3n) is 2.62. The van der Waals surface area contributed by atoms with Crippen LogP contribution in [0.1, 0.15) is 11.3 Å². The highest BCUT2D eigenvalue weighted by molar-refractivity contribution is 5.90. The maximum absolute atomic E-state index is 13.5. The minimum atomic E-state index is -0.439. The molecule has 0 aliphatic heterocycles. The van der Waals surface area contributed by atoms with Crippen molar-refractivity contribution in [3.05, 3.63) is 47.5 Å². The lowest BCUT2D eigenvalue weighted by Crippen LogP contribution is -2.20. The van der Waals surface area contributed by atoms with E-state index in [0.29, 0.717) is 0 Å². The third kappa shape index (κ3) is 2.74. The van der Waals surface area contributed by atoms with E-state index in [1.807, 2.05) is 13.8 Å². The van der Waals surface area contributed by atoms with Crippen LogP contribution in [0.25, 0.3) is 0 Å². The van der Waals surface area contributed by atoms with E-state index in [1.165, 1.54) is 6.07 Å². The molecule has 0 saturated heterocycles. The zero-order chi connectivity index (χ0) is 13.1. The average molecular weight is 247 g/mol. The smallest absolute Gasteiger partial charge is 0.246 e. The molecule has 1 aromatic heterocycles. The largest absolute Gasteiger partial charge is 0.322 e. The summed E-state index contributed by atoms with van der Waals surface area (Å²) in [6.07, 6.45) is 1.62. The number of hydrogen-bond acceptors (Lipinski definition) is 2. The van der Waals surface area contributed by atoms with E-state index >= 15 is 0 Å². The maximum atomic E-state index is 13.5. The average Bonchev–Trinajstić information content (AvgIpc) is 2.70. The van der Waals surface area contributed by atoms with Gasteiger partial charge in [-0.1, -0.05) is 6.07 Å². The molecule has 0 atom stereocenters. The Labute approximate surface area is 104 Å². The summed E-state index contributed by atoms with van der Waals surface area (Å²) in [6.45, 7) is 3.77. The van der Waals surface area contributed by atoms with Crippen molar-refractivity contribution in [2.24, 2.45) is 0 Å². The predicted octanol–water partition coefficient (Wildman–Crippen LogP) is 2.28. The number of nitrogens with zero attached hydrogens (tertiary/aromatic N) is 2. The zero-order valence-electron chi connectivity index (χ0n) is 10.3. The zero-order valence-corrected chi connectivity index (χ0v) is 10.3. The van der Waals surface area contributed by atoms with Crippen LogP contribution in [0.15, 0.2) is 30.5 Å². The SMILES string of the molecule is Cc1ccc(F)c(NC(=O)Cn2nccc2C)c1. The molecule has 2 aromatic rings. The quantitative estimate of drug-likeness (QED) is 0.904. The Morgan fingerprint density at radius 3 is 2.83 bits per heavy atom. The molecule has 1 heterocycles. The Morgan fingerprint density at radius 2 is 2.17 bits per heavy atom. The van der Waals surface area contributed by atoms with E-state index in [4.69, 9.17) is 0 Å². The lowest BCUT2D eigenvalue weighted by molar-refractivity contribution is -0.117. The van der Waals surface area contributed by atoms with Gasteiger partial charge in [-0.3, -0.25) is 9.48 Å². The van der Waals surface area contributed by atoms with Crippen LogP contribution in [0, 0.1) is 19.7 Å². The number of hydrogen-bond donors (Lipinski definition) is 1. The second kappa shape index (κ2) is 5.00. The maximum Gasteiger partial charge on any atom is 0.246 e. The minimum absolute atomic E-state index is 0.0756. The van der Waals surface area contributed by atoms with Crippen molar-refractivity contribution >= 4 is 11.6 Å². The number of halogens is 1. The number of anilines is 1. The number of rotatable bonds is 3. The molecular weight excluding hydrogens is 233 g/mol. The Kier molecular flexibility index (Phi) is 3.41. The summed E-state index contributed by atoms with van der Waals surface area (Å²) < 4.78 is 15.0. The minimum Gasteiger partial charge on any atom is -0.322 e.